The van der Waals surface area contributed by atoms with E-state index in [9.17, 15) is 13.2 Å². The lowest BCUT2D eigenvalue weighted by Crippen LogP contribution is -2.16. The van der Waals surface area contributed by atoms with Gasteiger partial charge in [0.2, 0.25) is 0 Å². The Morgan fingerprint density at radius 1 is 1.08 bits per heavy atom. The van der Waals surface area contributed by atoms with Gasteiger partial charge in [-0.2, -0.15) is 13.2 Å². The summed E-state index contributed by atoms with van der Waals surface area (Å²) >= 11 is 1.59. The molecule has 3 aromatic rings. The molecular formula is C19H18F3NOS. The summed E-state index contributed by atoms with van der Waals surface area (Å²) in [6.45, 7) is 0.701. The third-order valence-corrected chi connectivity index (χ3v) is 4.92. The Labute approximate surface area is 148 Å². The van der Waals surface area contributed by atoms with Crippen molar-refractivity contribution in [3.63, 3.8) is 0 Å². The fourth-order valence-electron chi connectivity index (χ4n) is 2.67. The highest BCUT2D eigenvalue weighted by Gasteiger charge is 2.30. The molecule has 1 N–H and O–H groups in total. The van der Waals surface area contributed by atoms with Gasteiger partial charge < -0.3 is 10.1 Å². The minimum Gasteiger partial charge on any atom is -0.484 e. The number of ether oxygens (including phenoxy) is 1. The number of rotatable bonds is 6. The van der Waals surface area contributed by atoms with Crippen LogP contribution in [0.15, 0.2) is 53.9 Å². The number of hydrogen-bond donors (Lipinski definition) is 1. The van der Waals surface area contributed by atoms with Gasteiger partial charge in [0, 0.05) is 6.42 Å². The lowest BCUT2D eigenvalue weighted by molar-refractivity contribution is -0.137. The van der Waals surface area contributed by atoms with Gasteiger partial charge >= 0.3 is 6.18 Å². The maximum Gasteiger partial charge on any atom is 0.416 e. The zero-order valence-corrected chi connectivity index (χ0v) is 14.5. The molecule has 0 bridgehead atoms. The number of thiophene rings is 1. The van der Waals surface area contributed by atoms with Gasteiger partial charge in [-0.15, -0.1) is 11.3 Å². The zero-order valence-electron chi connectivity index (χ0n) is 13.6. The molecule has 1 atom stereocenters. The molecular weight excluding hydrogens is 347 g/mol. The molecule has 2 aromatic carbocycles. The van der Waals surface area contributed by atoms with Gasteiger partial charge in [-0.05, 0) is 54.2 Å². The van der Waals surface area contributed by atoms with Crippen LogP contribution < -0.4 is 10.1 Å². The average molecular weight is 365 g/mol. The SMILES string of the molecule is CNCC[C@H](Oc1cccc2ccsc12)c1ccc(C(F)(F)F)cc1. The second-order valence-electron chi connectivity index (χ2n) is 5.71. The maximum absolute atomic E-state index is 12.8. The van der Waals surface area contributed by atoms with Crippen LogP contribution in [-0.4, -0.2) is 13.6 Å². The summed E-state index contributed by atoms with van der Waals surface area (Å²) in [5.41, 5.74) is 0.0841. The van der Waals surface area contributed by atoms with Crippen LogP contribution in [0.2, 0.25) is 0 Å². The summed E-state index contributed by atoms with van der Waals surface area (Å²) in [5, 5.41) is 6.16. The van der Waals surface area contributed by atoms with Crippen molar-refractivity contribution >= 4 is 21.4 Å². The minimum atomic E-state index is -4.33. The molecule has 2 nitrogen and oxygen atoms in total. The van der Waals surface area contributed by atoms with Crippen LogP contribution in [0.5, 0.6) is 5.75 Å². The number of hydrogen-bond acceptors (Lipinski definition) is 3. The second-order valence-corrected chi connectivity index (χ2v) is 6.63. The van der Waals surface area contributed by atoms with Crippen LogP contribution >= 0.6 is 11.3 Å². The number of alkyl halides is 3. The quantitative estimate of drug-likeness (QED) is 0.609. The number of nitrogens with one attached hydrogen (secondary N) is 1. The normalized spacial score (nSPS) is 13.1. The minimum absolute atomic E-state index is 0.317. The van der Waals surface area contributed by atoms with Crippen LogP contribution in [0.1, 0.15) is 23.7 Å². The predicted octanol–water partition coefficient (Wildman–Crippen LogP) is 5.65. The van der Waals surface area contributed by atoms with Crippen molar-refractivity contribution in [1.29, 1.82) is 0 Å². The molecule has 0 radical (unpaired) electrons. The third kappa shape index (κ3) is 4.14. The van der Waals surface area contributed by atoms with Crippen molar-refractivity contribution in [2.75, 3.05) is 13.6 Å². The fraction of sp³-hybridized carbons (Fsp3) is 0.263. The Morgan fingerprint density at radius 3 is 2.52 bits per heavy atom. The van der Waals surface area contributed by atoms with E-state index in [0.717, 1.165) is 33.5 Å². The molecule has 0 aliphatic rings. The summed E-state index contributed by atoms with van der Waals surface area (Å²) in [4.78, 5) is 0. The number of benzene rings is 2. The lowest BCUT2D eigenvalue weighted by atomic mass is 10.0. The van der Waals surface area contributed by atoms with Gasteiger partial charge in [0.05, 0.1) is 10.3 Å². The average Bonchev–Trinajstić information content (AvgIpc) is 3.07. The predicted molar refractivity (Wildman–Crippen MR) is 95.2 cm³/mol. The van der Waals surface area contributed by atoms with E-state index in [2.05, 4.69) is 5.32 Å². The molecule has 6 heteroatoms. The van der Waals surface area contributed by atoms with Gasteiger partial charge in [0.25, 0.3) is 0 Å². The van der Waals surface area contributed by atoms with Gasteiger partial charge in [-0.25, -0.2) is 0 Å². The van der Waals surface area contributed by atoms with E-state index >= 15 is 0 Å². The molecule has 3 rings (SSSR count). The van der Waals surface area contributed by atoms with Crippen LogP contribution in [0.3, 0.4) is 0 Å². The van der Waals surface area contributed by atoms with Crippen molar-refractivity contribution in [2.24, 2.45) is 0 Å². The highest BCUT2D eigenvalue weighted by Crippen LogP contribution is 2.35. The van der Waals surface area contributed by atoms with Gasteiger partial charge in [-0.3, -0.25) is 0 Å². The molecule has 0 spiro atoms. The Hall–Kier alpha value is -2.05. The maximum atomic E-state index is 12.8. The highest BCUT2D eigenvalue weighted by atomic mass is 32.1. The van der Waals surface area contributed by atoms with E-state index < -0.39 is 11.7 Å². The molecule has 0 aliphatic heterocycles. The topological polar surface area (TPSA) is 21.3 Å². The monoisotopic (exact) mass is 365 g/mol. The Kier molecular flexibility index (Phi) is 5.30. The first kappa shape index (κ1) is 17.8. The molecule has 0 fully saturated rings. The van der Waals surface area contributed by atoms with Crippen molar-refractivity contribution in [2.45, 2.75) is 18.7 Å². The first-order valence-corrected chi connectivity index (χ1v) is 8.81. The molecule has 0 aliphatic carbocycles. The van der Waals surface area contributed by atoms with E-state index in [4.69, 9.17) is 4.74 Å². The van der Waals surface area contributed by atoms with Crippen molar-refractivity contribution in [3.05, 3.63) is 65.0 Å². The smallest absolute Gasteiger partial charge is 0.416 e. The molecule has 0 unspecified atom stereocenters. The van der Waals surface area contributed by atoms with Crippen LogP contribution in [0.4, 0.5) is 13.2 Å². The second kappa shape index (κ2) is 7.45. The largest absolute Gasteiger partial charge is 0.484 e. The van der Waals surface area contributed by atoms with E-state index in [1.54, 1.807) is 11.3 Å². The van der Waals surface area contributed by atoms with Crippen molar-refractivity contribution < 1.29 is 17.9 Å². The molecule has 0 amide bonds. The van der Waals surface area contributed by atoms with Crippen molar-refractivity contribution in [1.82, 2.24) is 5.32 Å². The van der Waals surface area contributed by atoms with E-state index in [1.165, 1.54) is 12.1 Å². The Bertz CT molecular complexity index is 827. The third-order valence-electron chi connectivity index (χ3n) is 3.98. The number of halogens is 3. The zero-order chi connectivity index (χ0) is 17.9. The van der Waals surface area contributed by atoms with E-state index in [-0.39, 0.29) is 6.10 Å². The first-order chi connectivity index (χ1) is 12.0. The Morgan fingerprint density at radius 2 is 1.84 bits per heavy atom. The summed E-state index contributed by atoms with van der Waals surface area (Å²) in [6.07, 6.45) is -3.99. The van der Waals surface area contributed by atoms with E-state index in [1.807, 2.05) is 36.7 Å². The molecule has 0 saturated heterocycles. The van der Waals surface area contributed by atoms with E-state index in [0.29, 0.717) is 13.0 Å². The molecule has 132 valence electrons. The summed E-state index contributed by atoms with van der Waals surface area (Å²) < 4.78 is 45.5. The summed E-state index contributed by atoms with van der Waals surface area (Å²) in [7, 11) is 1.84. The summed E-state index contributed by atoms with van der Waals surface area (Å²) in [5.74, 6) is 0.758. The highest BCUT2D eigenvalue weighted by molar-refractivity contribution is 7.17. The first-order valence-electron chi connectivity index (χ1n) is 7.93. The van der Waals surface area contributed by atoms with Crippen LogP contribution in [0.25, 0.3) is 10.1 Å². The molecule has 1 heterocycles. The lowest BCUT2D eigenvalue weighted by Gasteiger charge is -2.20. The molecule has 1 aromatic heterocycles. The Balaban J connectivity index is 1.88. The van der Waals surface area contributed by atoms with Crippen LogP contribution in [-0.2, 0) is 6.18 Å². The summed E-state index contributed by atoms with van der Waals surface area (Å²) in [6, 6.07) is 13.1. The van der Waals surface area contributed by atoms with Crippen molar-refractivity contribution in [3.8, 4) is 5.75 Å². The standard InChI is InChI=1S/C19H18F3NOS/c1-23-11-9-16(13-5-7-15(8-6-13)19(20,21)22)24-17-4-2-3-14-10-12-25-18(14)17/h2-8,10,12,16,23H,9,11H2,1H3/t16-/m0/s1. The van der Waals surface area contributed by atoms with Gasteiger partial charge in [0.15, 0.2) is 0 Å². The molecule has 25 heavy (non-hydrogen) atoms. The molecule has 0 saturated carbocycles. The fourth-order valence-corrected chi connectivity index (χ4v) is 3.52. The van der Waals surface area contributed by atoms with Gasteiger partial charge in [-0.1, -0.05) is 24.3 Å². The number of fused-ring (bicyclic) bond motifs is 1. The van der Waals surface area contributed by atoms with Gasteiger partial charge in [0.1, 0.15) is 11.9 Å². The van der Waals surface area contributed by atoms with Crippen LogP contribution in [0, 0.1) is 0 Å².